The van der Waals surface area contributed by atoms with Crippen LogP contribution < -0.4 is 4.74 Å². The van der Waals surface area contributed by atoms with Gasteiger partial charge in [-0.2, -0.15) is 0 Å². The number of rotatable bonds is 1. The van der Waals surface area contributed by atoms with E-state index in [0.29, 0.717) is 9.50 Å². The second kappa shape index (κ2) is 8.37. The van der Waals surface area contributed by atoms with E-state index in [0.717, 1.165) is 26.4 Å². The Morgan fingerprint density at radius 1 is 0.905 bits per heavy atom. The molecule has 2 rings (SSSR count). The monoisotopic (exact) mass is 456 g/mol. The SMILES string of the molecule is COc1cc(Cl)c(C)cc1Br.Cc1cc(Br)c(F)cc1Cl. The molecule has 6 heteroatoms. The van der Waals surface area contributed by atoms with Gasteiger partial charge in [0.2, 0.25) is 0 Å². The average Bonchev–Trinajstić information content (AvgIpc) is 2.41. The van der Waals surface area contributed by atoms with Crippen LogP contribution in [0, 0.1) is 19.7 Å². The number of halogens is 5. The van der Waals surface area contributed by atoms with Gasteiger partial charge in [-0.3, -0.25) is 0 Å². The Morgan fingerprint density at radius 3 is 1.86 bits per heavy atom. The highest BCUT2D eigenvalue weighted by atomic mass is 79.9. The van der Waals surface area contributed by atoms with Crippen LogP contribution in [0.4, 0.5) is 4.39 Å². The fourth-order valence-electron chi connectivity index (χ4n) is 1.41. The zero-order valence-corrected chi connectivity index (χ0v) is 16.3. The van der Waals surface area contributed by atoms with Crippen LogP contribution in [-0.2, 0) is 0 Å². The van der Waals surface area contributed by atoms with Crippen LogP contribution in [-0.4, -0.2) is 7.11 Å². The minimum atomic E-state index is -0.324. The number of aryl methyl sites for hydroxylation is 2. The van der Waals surface area contributed by atoms with E-state index in [1.165, 1.54) is 6.07 Å². The van der Waals surface area contributed by atoms with Gasteiger partial charge >= 0.3 is 0 Å². The standard InChI is InChI=1S/C8H8BrClO.C7H5BrClF/c1-5-3-6(9)8(11-2)4-7(5)10;1-4-2-5(8)7(10)3-6(4)9/h3-4H,1-2H3;2-3H,1H3. The highest BCUT2D eigenvalue weighted by Crippen LogP contribution is 2.30. The molecule has 0 atom stereocenters. The Morgan fingerprint density at radius 2 is 1.38 bits per heavy atom. The van der Waals surface area contributed by atoms with Crippen molar-refractivity contribution in [3.63, 3.8) is 0 Å². The highest BCUT2D eigenvalue weighted by Gasteiger charge is 2.03. The average molecular weight is 459 g/mol. The van der Waals surface area contributed by atoms with E-state index in [9.17, 15) is 4.39 Å². The van der Waals surface area contributed by atoms with Gasteiger partial charge in [0.25, 0.3) is 0 Å². The van der Waals surface area contributed by atoms with Gasteiger partial charge in [0.1, 0.15) is 11.6 Å². The van der Waals surface area contributed by atoms with E-state index in [-0.39, 0.29) is 5.82 Å². The zero-order chi connectivity index (χ0) is 16.2. The first-order valence-corrected chi connectivity index (χ1v) is 8.21. The number of hydrogen-bond donors (Lipinski definition) is 0. The summed E-state index contributed by atoms with van der Waals surface area (Å²) in [6, 6.07) is 6.67. The lowest BCUT2D eigenvalue weighted by Gasteiger charge is -2.04. The van der Waals surface area contributed by atoms with Crippen molar-refractivity contribution in [2.45, 2.75) is 13.8 Å². The lowest BCUT2D eigenvalue weighted by molar-refractivity contribution is 0.412. The largest absolute Gasteiger partial charge is 0.496 e. The molecule has 0 saturated carbocycles. The zero-order valence-electron chi connectivity index (χ0n) is 11.6. The Labute approximate surface area is 150 Å². The molecular weight excluding hydrogens is 446 g/mol. The summed E-state index contributed by atoms with van der Waals surface area (Å²) in [5, 5.41) is 1.19. The maximum atomic E-state index is 12.6. The third kappa shape index (κ3) is 5.44. The van der Waals surface area contributed by atoms with Crippen molar-refractivity contribution in [3.8, 4) is 5.75 Å². The Balaban J connectivity index is 0.000000211. The molecule has 0 aliphatic heterocycles. The van der Waals surface area contributed by atoms with Gasteiger partial charge < -0.3 is 4.74 Å². The van der Waals surface area contributed by atoms with Crippen LogP contribution in [0.25, 0.3) is 0 Å². The molecule has 0 aliphatic carbocycles. The molecule has 2 aromatic carbocycles. The summed E-state index contributed by atoms with van der Waals surface area (Å²) in [7, 11) is 1.62. The highest BCUT2D eigenvalue weighted by molar-refractivity contribution is 9.10. The summed E-state index contributed by atoms with van der Waals surface area (Å²) >= 11 is 17.9. The molecular formula is C15H13Br2Cl2FO. The van der Waals surface area contributed by atoms with Crippen LogP contribution >= 0.6 is 55.1 Å². The van der Waals surface area contributed by atoms with E-state index < -0.39 is 0 Å². The van der Waals surface area contributed by atoms with E-state index in [4.69, 9.17) is 27.9 Å². The normalized spacial score (nSPS) is 9.90. The van der Waals surface area contributed by atoms with Crippen LogP contribution in [0.1, 0.15) is 11.1 Å². The minimum absolute atomic E-state index is 0.324. The molecule has 114 valence electrons. The molecule has 0 aromatic heterocycles. The predicted molar refractivity (Wildman–Crippen MR) is 94.3 cm³/mol. The molecule has 0 radical (unpaired) electrons. The molecule has 0 amide bonds. The summed E-state index contributed by atoms with van der Waals surface area (Å²) in [6.07, 6.45) is 0. The van der Waals surface area contributed by atoms with Crippen molar-refractivity contribution >= 4 is 55.1 Å². The number of benzene rings is 2. The molecule has 0 heterocycles. The minimum Gasteiger partial charge on any atom is -0.496 e. The van der Waals surface area contributed by atoms with Crippen molar-refractivity contribution in [1.82, 2.24) is 0 Å². The molecule has 0 spiro atoms. The molecule has 0 saturated heterocycles. The maximum absolute atomic E-state index is 12.6. The van der Waals surface area contributed by atoms with E-state index in [2.05, 4.69) is 31.9 Å². The van der Waals surface area contributed by atoms with Gasteiger partial charge in [0.05, 0.1) is 16.1 Å². The Hall–Kier alpha value is -0.290. The van der Waals surface area contributed by atoms with Gasteiger partial charge in [-0.1, -0.05) is 23.2 Å². The molecule has 2 aromatic rings. The fourth-order valence-corrected chi connectivity index (χ4v) is 2.79. The fraction of sp³-hybridized carbons (Fsp3) is 0.200. The first-order valence-electron chi connectivity index (χ1n) is 5.87. The predicted octanol–water partition coefficient (Wildman–Crippen LogP) is 6.97. The molecule has 0 unspecified atom stereocenters. The first-order chi connectivity index (χ1) is 9.76. The van der Waals surface area contributed by atoms with Crippen molar-refractivity contribution in [2.24, 2.45) is 0 Å². The molecule has 0 aliphatic rings. The molecule has 0 N–H and O–H groups in total. The van der Waals surface area contributed by atoms with Gasteiger partial charge in [-0.15, -0.1) is 0 Å². The first kappa shape index (κ1) is 18.8. The van der Waals surface area contributed by atoms with Crippen LogP contribution in [0.3, 0.4) is 0 Å². The third-order valence-corrected chi connectivity index (χ3v) is 4.68. The van der Waals surface area contributed by atoms with Gasteiger partial charge in [-0.05, 0) is 75.0 Å². The molecule has 1 nitrogen and oxygen atoms in total. The summed E-state index contributed by atoms with van der Waals surface area (Å²) in [5.41, 5.74) is 1.91. The van der Waals surface area contributed by atoms with Crippen LogP contribution in [0.2, 0.25) is 10.0 Å². The second-order valence-electron chi connectivity index (χ2n) is 4.25. The maximum Gasteiger partial charge on any atom is 0.138 e. The second-order valence-corrected chi connectivity index (χ2v) is 6.77. The smallest absolute Gasteiger partial charge is 0.138 e. The number of hydrogen-bond acceptors (Lipinski definition) is 1. The Kier molecular flexibility index (Phi) is 7.48. The van der Waals surface area contributed by atoms with Gasteiger partial charge in [0, 0.05) is 16.1 Å². The lowest BCUT2D eigenvalue weighted by Crippen LogP contribution is -1.85. The van der Waals surface area contributed by atoms with Crippen molar-refractivity contribution < 1.29 is 9.13 Å². The molecule has 0 bridgehead atoms. The summed E-state index contributed by atoms with van der Waals surface area (Å²) in [5.74, 6) is 0.441. The number of ether oxygens (including phenoxy) is 1. The van der Waals surface area contributed by atoms with Gasteiger partial charge in [0.15, 0.2) is 0 Å². The van der Waals surface area contributed by atoms with E-state index >= 15 is 0 Å². The quantitative estimate of drug-likeness (QED) is 0.419. The van der Waals surface area contributed by atoms with Crippen molar-refractivity contribution in [1.29, 1.82) is 0 Å². The van der Waals surface area contributed by atoms with E-state index in [1.807, 2.05) is 19.9 Å². The number of methoxy groups -OCH3 is 1. The summed E-state index contributed by atoms with van der Waals surface area (Å²) < 4.78 is 19.1. The molecule has 21 heavy (non-hydrogen) atoms. The van der Waals surface area contributed by atoms with E-state index in [1.54, 1.807) is 19.2 Å². The van der Waals surface area contributed by atoms with Crippen molar-refractivity contribution in [3.05, 3.63) is 60.2 Å². The van der Waals surface area contributed by atoms with Crippen LogP contribution in [0.15, 0.2) is 33.2 Å². The third-order valence-electron chi connectivity index (χ3n) is 2.63. The van der Waals surface area contributed by atoms with Crippen LogP contribution in [0.5, 0.6) is 5.75 Å². The van der Waals surface area contributed by atoms with Gasteiger partial charge in [-0.25, -0.2) is 4.39 Å². The summed E-state index contributed by atoms with van der Waals surface area (Å²) in [6.45, 7) is 3.78. The van der Waals surface area contributed by atoms with Crippen molar-refractivity contribution in [2.75, 3.05) is 7.11 Å². The topological polar surface area (TPSA) is 9.23 Å². The summed E-state index contributed by atoms with van der Waals surface area (Å²) in [4.78, 5) is 0. The lowest BCUT2D eigenvalue weighted by atomic mass is 10.2. The Bertz CT molecular complexity index is 598. The molecule has 0 fully saturated rings.